The number of piperazine rings is 1. The van der Waals surface area contributed by atoms with E-state index < -0.39 is 17.5 Å². The lowest BCUT2D eigenvalue weighted by Gasteiger charge is -2.37. The number of aliphatic imine (C=N–C) groups is 1. The van der Waals surface area contributed by atoms with E-state index in [0.29, 0.717) is 38.7 Å². The average Bonchev–Trinajstić information content (AvgIpc) is 2.72. The van der Waals surface area contributed by atoms with E-state index >= 15 is 0 Å². The Morgan fingerprint density at radius 1 is 1.03 bits per heavy atom. The van der Waals surface area contributed by atoms with Gasteiger partial charge in [-0.05, 0) is 29.8 Å². The van der Waals surface area contributed by atoms with Crippen LogP contribution in [0.5, 0.6) is 0 Å². The van der Waals surface area contributed by atoms with Gasteiger partial charge in [0.25, 0.3) is 0 Å². The first-order chi connectivity index (χ1) is 13.5. The summed E-state index contributed by atoms with van der Waals surface area (Å²) in [5.74, 6) is -0.656. The van der Waals surface area contributed by atoms with Gasteiger partial charge in [0.15, 0.2) is 5.96 Å². The second kappa shape index (κ2) is 10.7. The number of hydrogen-bond acceptors (Lipinski definition) is 3. The molecule has 0 unspecified atom stereocenters. The monoisotopic (exact) mass is 520 g/mol. The van der Waals surface area contributed by atoms with E-state index in [2.05, 4.69) is 10.3 Å². The van der Waals surface area contributed by atoms with Gasteiger partial charge in [-0.15, -0.1) is 24.0 Å². The maximum Gasteiger partial charge on any atom is 0.194 e. The Hall–Kier alpha value is -2.01. The number of nitrogens with one attached hydrogen (secondary N) is 1. The van der Waals surface area contributed by atoms with Crippen molar-refractivity contribution in [2.24, 2.45) is 4.99 Å². The summed E-state index contributed by atoms with van der Waals surface area (Å²) in [6, 6.07) is 8.06. The molecule has 0 radical (unpaired) electrons. The SMILES string of the molecule is CN=C(NCc1ccc(F)c(CO)c1)N1CCN(c2cc(F)ccc2F)CC1.I. The van der Waals surface area contributed by atoms with Gasteiger partial charge in [0.05, 0.1) is 12.3 Å². The van der Waals surface area contributed by atoms with E-state index in [1.165, 1.54) is 12.1 Å². The molecule has 158 valence electrons. The predicted octanol–water partition coefficient (Wildman–Crippen LogP) is 3.11. The fourth-order valence-electron chi connectivity index (χ4n) is 3.26. The Morgan fingerprint density at radius 3 is 2.38 bits per heavy atom. The van der Waals surface area contributed by atoms with Crippen LogP contribution in [-0.4, -0.2) is 49.2 Å². The molecule has 3 rings (SSSR count). The highest BCUT2D eigenvalue weighted by Gasteiger charge is 2.22. The van der Waals surface area contributed by atoms with Gasteiger partial charge < -0.3 is 20.2 Å². The highest BCUT2D eigenvalue weighted by Crippen LogP contribution is 2.22. The van der Waals surface area contributed by atoms with Crippen molar-refractivity contribution < 1.29 is 18.3 Å². The summed E-state index contributed by atoms with van der Waals surface area (Å²) in [6.07, 6.45) is 0. The van der Waals surface area contributed by atoms with Gasteiger partial charge in [-0.1, -0.05) is 6.07 Å². The second-order valence-electron chi connectivity index (χ2n) is 6.55. The summed E-state index contributed by atoms with van der Waals surface area (Å²) >= 11 is 0. The van der Waals surface area contributed by atoms with E-state index in [1.807, 2.05) is 9.80 Å². The second-order valence-corrected chi connectivity index (χ2v) is 6.55. The van der Waals surface area contributed by atoms with Crippen molar-refractivity contribution in [3.05, 3.63) is 65.0 Å². The van der Waals surface area contributed by atoms with Gasteiger partial charge in [-0.2, -0.15) is 0 Å². The van der Waals surface area contributed by atoms with Gasteiger partial charge in [0, 0.05) is 51.4 Å². The average molecular weight is 520 g/mol. The number of aliphatic hydroxyl groups excluding tert-OH is 1. The smallest absolute Gasteiger partial charge is 0.194 e. The Morgan fingerprint density at radius 2 is 1.72 bits per heavy atom. The van der Waals surface area contributed by atoms with E-state index in [-0.39, 0.29) is 41.8 Å². The quantitative estimate of drug-likeness (QED) is 0.370. The molecular weight excluding hydrogens is 496 g/mol. The van der Waals surface area contributed by atoms with Crippen molar-refractivity contribution >= 4 is 35.6 Å². The molecule has 0 aliphatic carbocycles. The molecule has 2 aromatic carbocycles. The molecule has 1 aliphatic heterocycles. The zero-order valence-electron chi connectivity index (χ0n) is 16.0. The zero-order chi connectivity index (χ0) is 20.1. The molecule has 29 heavy (non-hydrogen) atoms. The summed E-state index contributed by atoms with van der Waals surface area (Å²) in [5, 5.41) is 12.4. The van der Waals surface area contributed by atoms with Crippen molar-refractivity contribution in [2.75, 3.05) is 38.1 Å². The number of nitrogens with zero attached hydrogens (tertiary/aromatic N) is 3. The van der Waals surface area contributed by atoms with E-state index in [4.69, 9.17) is 0 Å². The van der Waals surface area contributed by atoms with Crippen LogP contribution in [0.15, 0.2) is 41.4 Å². The first kappa shape index (κ1) is 23.3. The molecule has 0 saturated carbocycles. The van der Waals surface area contributed by atoms with Crippen LogP contribution < -0.4 is 10.2 Å². The molecule has 0 atom stereocenters. The zero-order valence-corrected chi connectivity index (χ0v) is 18.4. The van der Waals surface area contributed by atoms with E-state index in [9.17, 15) is 18.3 Å². The largest absolute Gasteiger partial charge is 0.392 e. The fraction of sp³-hybridized carbons (Fsp3) is 0.350. The van der Waals surface area contributed by atoms with Crippen molar-refractivity contribution in [3.8, 4) is 0 Å². The van der Waals surface area contributed by atoms with Gasteiger partial charge in [-0.25, -0.2) is 13.2 Å². The van der Waals surface area contributed by atoms with Gasteiger partial charge in [-0.3, -0.25) is 4.99 Å². The third kappa shape index (κ3) is 5.75. The number of rotatable bonds is 4. The normalized spacial score (nSPS) is 14.6. The molecule has 0 bridgehead atoms. The maximum absolute atomic E-state index is 14.0. The first-order valence-corrected chi connectivity index (χ1v) is 9.05. The topological polar surface area (TPSA) is 51.1 Å². The van der Waals surface area contributed by atoms with Crippen LogP contribution in [0.2, 0.25) is 0 Å². The van der Waals surface area contributed by atoms with Crippen molar-refractivity contribution in [2.45, 2.75) is 13.2 Å². The summed E-state index contributed by atoms with van der Waals surface area (Å²) in [7, 11) is 1.67. The molecule has 5 nitrogen and oxygen atoms in total. The highest BCUT2D eigenvalue weighted by molar-refractivity contribution is 14.0. The molecule has 2 aromatic rings. The van der Waals surface area contributed by atoms with Crippen LogP contribution >= 0.6 is 24.0 Å². The lowest BCUT2D eigenvalue weighted by atomic mass is 10.1. The number of anilines is 1. The van der Waals surface area contributed by atoms with Crippen LogP contribution in [0.1, 0.15) is 11.1 Å². The summed E-state index contributed by atoms with van der Waals surface area (Å²) in [5.41, 5.74) is 1.34. The summed E-state index contributed by atoms with van der Waals surface area (Å²) < 4.78 is 40.9. The van der Waals surface area contributed by atoms with E-state index in [1.54, 1.807) is 19.2 Å². The first-order valence-electron chi connectivity index (χ1n) is 9.05. The molecule has 2 N–H and O–H groups in total. The molecule has 0 amide bonds. The Labute approximate surface area is 185 Å². The van der Waals surface area contributed by atoms with Crippen LogP contribution in [0.3, 0.4) is 0 Å². The third-order valence-corrected chi connectivity index (χ3v) is 4.77. The fourth-order valence-corrected chi connectivity index (χ4v) is 3.26. The Kier molecular flexibility index (Phi) is 8.57. The van der Waals surface area contributed by atoms with Crippen LogP contribution in [-0.2, 0) is 13.2 Å². The van der Waals surface area contributed by atoms with Gasteiger partial charge in [0.2, 0.25) is 0 Å². The van der Waals surface area contributed by atoms with Crippen LogP contribution in [0.4, 0.5) is 18.9 Å². The number of halogens is 4. The lowest BCUT2D eigenvalue weighted by molar-refractivity contribution is 0.275. The molecule has 9 heteroatoms. The summed E-state index contributed by atoms with van der Waals surface area (Å²) in [4.78, 5) is 8.12. The number of benzene rings is 2. The number of aliphatic hydroxyl groups is 1. The number of guanidine groups is 1. The Balaban J connectivity index is 0.00000300. The molecular formula is C20H24F3IN4O. The molecule has 1 aliphatic rings. The molecule has 1 saturated heterocycles. The molecule has 1 heterocycles. The van der Waals surface area contributed by atoms with Crippen molar-refractivity contribution in [3.63, 3.8) is 0 Å². The standard InChI is InChI=1S/C20H23F3N4O.HI/c1-24-20(25-12-14-2-4-17(22)15(10-14)13-28)27-8-6-26(7-9-27)19-11-16(21)3-5-18(19)23;/h2-5,10-11,28H,6-9,12-13H2,1H3,(H,24,25);1H. The predicted molar refractivity (Wildman–Crippen MR) is 118 cm³/mol. The minimum atomic E-state index is -0.460. The molecule has 0 spiro atoms. The minimum absolute atomic E-state index is 0. The summed E-state index contributed by atoms with van der Waals surface area (Å²) in [6.45, 7) is 2.34. The highest BCUT2D eigenvalue weighted by atomic mass is 127. The van der Waals surface area contributed by atoms with Gasteiger partial charge >= 0.3 is 0 Å². The maximum atomic E-state index is 14.0. The number of hydrogen-bond donors (Lipinski definition) is 2. The third-order valence-electron chi connectivity index (χ3n) is 4.77. The van der Waals surface area contributed by atoms with E-state index in [0.717, 1.165) is 17.7 Å². The minimum Gasteiger partial charge on any atom is -0.392 e. The molecule has 1 fully saturated rings. The van der Waals surface area contributed by atoms with Crippen LogP contribution in [0, 0.1) is 17.5 Å². The Bertz CT molecular complexity index is 858. The molecule has 0 aromatic heterocycles. The van der Waals surface area contributed by atoms with Gasteiger partial charge in [0.1, 0.15) is 17.5 Å². The van der Waals surface area contributed by atoms with Crippen molar-refractivity contribution in [1.29, 1.82) is 0 Å². The van der Waals surface area contributed by atoms with Crippen LogP contribution in [0.25, 0.3) is 0 Å². The lowest BCUT2D eigenvalue weighted by Crippen LogP contribution is -2.52. The van der Waals surface area contributed by atoms with Crippen molar-refractivity contribution in [1.82, 2.24) is 10.2 Å².